The molecule has 0 saturated heterocycles. The Morgan fingerprint density at radius 1 is 1.17 bits per heavy atom. The highest BCUT2D eigenvalue weighted by molar-refractivity contribution is 6.05. The highest BCUT2D eigenvalue weighted by Gasteiger charge is 2.32. The van der Waals surface area contributed by atoms with Gasteiger partial charge in [-0.3, -0.25) is 4.79 Å². The number of nitrogens with two attached hydrogens (primary N) is 1. The van der Waals surface area contributed by atoms with Gasteiger partial charge in [0.05, 0.1) is 18.2 Å². The molecule has 3 N–H and O–H groups in total. The van der Waals surface area contributed by atoms with E-state index in [1.807, 2.05) is 0 Å². The zero-order chi connectivity index (χ0) is 17.9. The van der Waals surface area contributed by atoms with Gasteiger partial charge >= 0.3 is 12.1 Å². The Hall–Kier alpha value is -3.10. The van der Waals surface area contributed by atoms with Crippen molar-refractivity contribution in [3.63, 3.8) is 0 Å². The van der Waals surface area contributed by atoms with Gasteiger partial charge in [0.2, 0.25) is 0 Å². The predicted molar refractivity (Wildman–Crippen MR) is 79.4 cm³/mol. The second-order valence-electron chi connectivity index (χ2n) is 4.71. The first-order chi connectivity index (χ1) is 11.2. The van der Waals surface area contributed by atoms with Crippen LogP contribution in [0.3, 0.4) is 0 Å². The summed E-state index contributed by atoms with van der Waals surface area (Å²) in [5.74, 6) is -1.56. The van der Waals surface area contributed by atoms with Gasteiger partial charge < -0.3 is 15.8 Å². The van der Waals surface area contributed by atoms with Crippen LogP contribution in [0, 0.1) is 0 Å². The molecule has 0 bridgehead atoms. The topological polar surface area (TPSA) is 94.3 Å². The fraction of sp³-hybridized carbons (Fsp3) is 0.133. The summed E-state index contributed by atoms with van der Waals surface area (Å²) in [6.45, 7) is 0. The van der Waals surface area contributed by atoms with Crippen molar-refractivity contribution in [1.29, 1.82) is 0 Å². The number of pyridine rings is 1. The molecule has 1 heterocycles. The van der Waals surface area contributed by atoms with Gasteiger partial charge in [0, 0.05) is 17.4 Å². The first-order valence-corrected chi connectivity index (χ1v) is 6.54. The second-order valence-corrected chi connectivity index (χ2v) is 4.71. The average molecular weight is 339 g/mol. The Balaban J connectivity index is 2.38. The summed E-state index contributed by atoms with van der Waals surface area (Å²) >= 11 is 0. The molecule has 1 aromatic heterocycles. The number of nitrogens with one attached hydrogen (secondary N) is 1. The van der Waals surface area contributed by atoms with Crippen molar-refractivity contribution in [2.24, 2.45) is 0 Å². The van der Waals surface area contributed by atoms with E-state index in [4.69, 9.17) is 5.73 Å². The van der Waals surface area contributed by atoms with E-state index in [0.717, 1.165) is 19.2 Å². The van der Waals surface area contributed by atoms with Gasteiger partial charge in [0.1, 0.15) is 5.82 Å². The Morgan fingerprint density at radius 3 is 2.46 bits per heavy atom. The summed E-state index contributed by atoms with van der Waals surface area (Å²) in [5.41, 5.74) is 3.94. The molecule has 1 aromatic carbocycles. The first-order valence-electron chi connectivity index (χ1n) is 6.54. The monoisotopic (exact) mass is 339 g/mol. The molecule has 0 atom stereocenters. The first kappa shape index (κ1) is 17.3. The minimum atomic E-state index is -4.69. The number of benzene rings is 1. The highest BCUT2D eigenvalue weighted by atomic mass is 19.4. The molecule has 0 fully saturated rings. The average Bonchev–Trinajstić information content (AvgIpc) is 2.53. The summed E-state index contributed by atoms with van der Waals surface area (Å²) in [7, 11) is 1.04. The molecular weight excluding hydrogens is 327 g/mol. The molecule has 9 heteroatoms. The standard InChI is InChI=1S/C15H12F3N3O3/c1-24-14(23)9-4-10(15(16,17)18)7-11(5-9)21-13(22)8-2-3-20-12(19)6-8/h2-7H,1H3,(H2,19,20)(H,21,22). The molecule has 24 heavy (non-hydrogen) atoms. The van der Waals surface area contributed by atoms with Crippen LogP contribution in [0.1, 0.15) is 26.3 Å². The summed E-state index contributed by atoms with van der Waals surface area (Å²) < 4.78 is 43.2. The van der Waals surface area contributed by atoms with E-state index in [1.165, 1.54) is 18.3 Å². The van der Waals surface area contributed by atoms with Crippen LogP contribution in [0.4, 0.5) is 24.7 Å². The SMILES string of the molecule is COC(=O)c1cc(NC(=O)c2ccnc(N)c2)cc(C(F)(F)F)c1. The molecular formula is C15H12F3N3O3. The van der Waals surface area contributed by atoms with Crippen molar-refractivity contribution in [3.8, 4) is 0 Å². The van der Waals surface area contributed by atoms with Crippen LogP contribution in [0.5, 0.6) is 0 Å². The van der Waals surface area contributed by atoms with Crippen LogP contribution in [0.15, 0.2) is 36.5 Å². The number of carbonyl (C=O) groups excluding carboxylic acids is 2. The van der Waals surface area contributed by atoms with E-state index >= 15 is 0 Å². The number of alkyl halides is 3. The number of hydrogen-bond acceptors (Lipinski definition) is 5. The number of esters is 1. The molecule has 0 saturated carbocycles. The third-order valence-electron chi connectivity index (χ3n) is 2.98. The maximum Gasteiger partial charge on any atom is 0.416 e. The van der Waals surface area contributed by atoms with Crippen LogP contribution >= 0.6 is 0 Å². The Labute approximate surface area is 134 Å². The van der Waals surface area contributed by atoms with Gasteiger partial charge in [-0.25, -0.2) is 9.78 Å². The minimum absolute atomic E-state index is 0.0851. The lowest BCUT2D eigenvalue weighted by Gasteiger charge is -2.12. The summed E-state index contributed by atoms with van der Waals surface area (Å²) in [4.78, 5) is 27.3. The quantitative estimate of drug-likeness (QED) is 0.839. The molecule has 0 aliphatic rings. The number of amides is 1. The highest BCUT2D eigenvalue weighted by Crippen LogP contribution is 2.32. The molecule has 0 unspecified atom stereocenters. The largest absolute Gasteiger partial charge is 0.465 e. The van der Waals surface area contributed by atoms with E-state index in [0.29, 0.717) is 6.07 Å². The molecule has 1 amide bonds. The maximum atomic E-state index is 12.9. The molecule has 0 aliphatic heterocycles. The van der Waals surface area contributed by atoms with Gasteiger partial charge in [0.25, 0.3) is 5.91 Å². The van der Waals surface area contributed by atoms with Crippen molar-refractivity contribution in [3.05, 3.63) is 53.2 Å². The molecule has 6 nitrogen and oxygen atoms in total. The van der Waals surface area contributed by atoms with Crippen molar-refractivity contribution < 1.29 is 27.5 Å². The Morgan fingerprint density at radius 2 is 1.88 bits per heavy atom. The number of halogens is 3. The zero-order valence-corrected chi connectivity index (χ0v) is 12.3. The molecule has 2 aromatic rings. The predicted octanol–water partition coefficient (Wildman–Crippen LogP) is 2.72. The van der Waals surface area contributed by atoms with Crippen LogP contribution in [-0.2, 0) is 10.9 Å². The van der Waals surface area contributed by atoms with Crippen LogP contribution in [0.2, 0.25) is 0 Å². The number of rotatable bonds is 3. The lowest BCUT2D eigenvalue weighted by atomic mass is 10.1. The Bertz CT molecular complexity index is 791. The van der Waals surface area contributed by atoms with E-state index in [9.17, 15) is 22.8 Å². The van der Waals surface area contributed by atoms with E-state index < -0.39 is 23.6 Å². The van der Waals surface area contributed by atoms with Crippen LogP contribution < -0.4 is 11.1 Å². The maximum absolute atomic E-state index is 12.9. The molecule has 126 valence electrons. The Kier molecular flexibility index (Phi) is 4.72. The van der Waals surface area contributed by atoms with Gasteiger partial charge in [-0.1, -0.05) is 0 Å². The van der Waals surface area contributed by atoms with Crippen molar-refractivity contribution >= 4 is 23.4 Å². The molecule has 0 spiro atoms. The number of aromatic nitrogens is 1. The van der Waals surface area contributed by atoms with Crippen LogP contribution in [-0.4, -0.2) is 24.0 Å². The molecule has 0 radical (unpaired) electrons. The lowest BCUT2D eigenvalue weighted by molar-refractivity contribution is -0.137. The van der Waals surface area contributed by atoms with Gasteiger partial charge in [-0.15, -0.1) is 0 Å². The number of nitrogen functional groups attached to an aromatic ring is 1. The minimum Gasteiger partial charge on any atom is -0.465 e. The smallest absolute Gasteiger partial charge is 0.416 e. The molecule has 0 aliphatic carbocycles. The summed E-state index contributed by atoms with van der Waals surface area (Å²) in [6, 6.07) is 5.06. The van der Waals surface area contributed by atoms with E-state index in [2.05, 4.69) is 15.0 Å². The number of hydrogen-bond donors (Lipinski definition) is 2. The number of anilines is 2. The van der Waals surface area contributed by atoms with Gasteiger partial charge in [0.15, 0.2) is 0 Å². The van der Waals surface area contributed by atoms with Crippen molar-refractivity contribution in [2.75, 3.05) is 18.2 Å². The van der Waals surface area contributed by atoms with Crippen LogP contribution in [0.25, 0.3) is 0 Å². The zero-order valence-electron chi connectivity index (χ0n) is 12.3. The van der Waals surface area contributed by atoms with Crippen molar-refractivity contribution in [1.82, 2.24) is 4.98 Å². The third-order valence-corrected chi connectivity index (χ3v) is 2.98. The molecule has 2 rings (SSSR count). The van der Waals surface area contributed by atoms with Crippen molar-refractivity contribution in [2.45, 2.75) is 6.18 Å². The number of nitrogens with zero attached hydrogens (tertiary/aromatic N) is 1. The van der Waals surface area contributed by atoms with Gasteiger partial charge in [-0.2, -0.15) is 13.2 Å². The summed E-state index contributed by atoms with van der Waals surface area (Å²) in [5, 5.41) is 2.29. The number of carbonyl (C=O) groups is 2. The van der Waals surface area contributed by atoms with Gasteiger partial charge in [-0.05, 0) is 30.3 Å². The van der Waals surface area contributed by atoms with E-state index in [1.54, 1.807) is 0 Å². The number of methoxy groups -OCH3 is 1. The lowest BCUT2D eigenvalue weighted by Crippen LogP contribution is -2.15. The normalized spacial score (nSPS) is 11.0. The fourth-order valence-corrected chi connectivity index (χ4v) is 1.89. The summed E-state index contributed by atoms with van der Waals surface area (Å²) in [6.07, 6.45) is -3.40. The fourth-order valence-electron chi connectivity index (χ4n) is 1.89. The van der Waals surface area contributed by atoms with E-state index in [-0.39, 0.29) is 22.6 Å². The third kappa shape index (κ3) is 4.00. The second kappa shape index (κ2) is 6.57. The number of ether oxygens (including phenoxy) is 1.